The van der Waals surface area contributed by atoms with E-state index < -0.39 is 0 Å². The van der Waals surface area contributed by atoms with Gasteiger partial charge in [-0.3, -0.25) is 0 Å². The molecular formula is C21H27NO. The van der Waals surface area contributed by atoms with Gasteiger partial charge in [-0.05, 0) is 74.8 Å². The Balaban J connectivity index is 1.79. The Morgan fingerprint density at radius 3 is 2.48 bits per heavy atom. The summed E-state index contributed by atoms with van der Waals surface area (Å²) >= 11 is 0. The zero-order chi connectivity index (χ0) is 16.2. The van der Waals surface area contributed by atoms with Crippen molar-refractivity contribution < 1.29 is 4.74 Å². The van der Waals surface area contributed by atoms with Crippen molar-refractivity contribution in [2.45, 2.75) is 58.5 Å². The van der Waals surface area contributed by atoms with Crippen molar-refractivity contribution in [2.24, 2.45) is 0 Å². The normalized spacial score (nSPS) is 18.3. The van der Waals surface area contributed by atoms with Gasteiger partial charge in [0.1, 0.15) is 5.75 Å². The molecule has 2 aliphatic carbocycles. The van der Waals surface area contributed by atoms with Crippen LogP contribution in [-0.2, 0) is 0 Å². The van der Waals surface area contributed by atoms with Crippen molar-refractivity contribution in [3.63, 3.8) is 0 Å². The molecule has 0 atom stereocenters. The first kappa shape index (κ1) is 15.9. The molecule has 2 heteroatoms. The van der Waals surface area contributed by atoms with E-state index in [0.29, 0.717) is 5.69 Å². The molecule has 0 aliphatic heterocycles. The van der Waals surface area contributed by atoms with E-state index in [4.69, 9.17) is 10.5 Å². The van der Waals surface area contributed by atoms with Gasteiger partial charge in [0.05, 0.1) is 11.8 Å². The van der Waals surface area contributed by atoms with E-state index in [-0.39, 0.29) is 6.10 Å². The molecule has 2 N–H and O–H groups in total. The Bertz CT molecular complexity index is 656. The first-order valence-corrected chi connectivity index (χ1v) is 8.79. The second-order valence-electron chi connectivity index (χ2n) is 6.81. The molecule has 2 aliphatic rings. The SMILES string of the molecule is CC(C)Oc1cc(C2=CCC(=C3CCCCC3)C=C2)ccc1N. The Morgan fingerprint density at radius 1 is 1.04 bits per heavy atom. The van der Waals surface area contributed by atoms with E-state index >= 15 is 0 Å². The van der Waals surface area contributed by atoms with Gasteiger partial charge in [0.15, 0.2) is 0 Å². The van der Waals surface area contributed by atoms with Crippen LogP contribution in [0.25, 0.3) is 5.57 Å². The van der Waals surface area contributed by atoms with Crippen LogP contribution in [0.15, 0.2) is 47.6 Å². The summed E-state index contributed by atoms with van der Waals surface area (Å²) in [6, 6.07) is 6.08. The summed E-state index contributed by atoms with van der Waals surface area (Å²) in [6.07, 6.45) is 14.8. The zero-order valence-electron chi connectivity index (χ0n) is 14.3. The molecule has 1 saturated carbocycles. The molecule has 0 spiro atoms. The van der Waals surface area contributed by atoms with Gasteiger partial charge in [-0.2, -0.15) is 0 Å². The van der Waals surface area contributed by atoms with Crippen molar-refractivity contribution in [3.8, 4) is 5.75 Å². The molecule has 3 rings (SSSR count). The number of anilines is 1. The van der Waals surface area contributed by atoms with E-state index in [1.807, 2.05) is 19.9 Å². The number of nitrogens with two attached hydrogens (primary N) is 1. The molecule has 0 bridgehead atoms. The number of benzene rings is 1. The van der Waals surface area contributed by atoms with Gasteiger partial charge in [0, 0.05) is 0 Å². The lowest BCUT2D eigenvalue weighted by molar-refractivity contribution is 0.244. The van der Waals surface area contributed by atoms with Gasteiger partial charge < -0.3 is 10.5 Å². The maximum Gasteiger partial charge on any atom is 0.143 e. The van der Waals surface area contributed by atoms with Crippen LogP contribution in [0.3, 0.4) is 0 Å². The third-order valence-electron chi connectivity index (χ3n) is 4.63. The fourth-order valence-corrected chi connectivity index (χ4v) is 3.39. The minimum Gasteiger partial charge on any atom is -0.489 e. The third-order valence-corrected chi connectivity index (χ3v) is 4.63. The van der Waals surface area contributed by atoms with Crippen LogP contribution in [0.4, 0.5) is 5.69 Å². The molecule has 1 aromatic rings. The number of ether oxygens (including phenoxy) is 1. The van der Waals surface area contributed by atoms with E-state index in [1.165, 1.54) is 48.8 Å². The van der Waals surface area contributed by atoms with Crippen molar-refractivity contribution in [3.05, 3.63) is 53.1 Å². The van der Waals surface area contributed by atoms with E-state index in [2.05, 4.69) is 30.4 Å². The van der Waals surface area contributed by atoms with Crippen molar-refractivity contribution in [1.82, 2.24) is 0 Å². The highest BCUT2D eigenvalue weighted by molar-refractivity contribution is 5.78. The zero-order valence-corrected chi connectivity index (χ0v) is 14.3. The summed E-state index contributed by atoms with van der Waals surface area (Å²) in [7, 11) is 0. The highest BCUT2D eigenvalue weighted by Crippen LogP contribution is 2.33. The van der Waals surface area contributed by atoms with Gasteiger partial charge in [-0.25, -0.2) is 0 Å². The summed E-state index contributed by atoms with van der Waals surface area (Å²) in [5, 5.41) is 0. The quantitative estimate of drug-likeness (QED) is 0.731. The molecule has 23 heavy (non-hydrogen) atoms. The van der Waals surface area contributed by atoms with Crippen LogP contribution < -0.4 is 10.5 Å². The topological polar surface area (TPSA) is 35.2 Å². The average Bonchev–Trinajstić information content (AvgIpc) is 2.57. The largest absolute Gasteiger partial charge is 0.489 e. The van der Waals surface area contributed by atoms with Gasteiger partial charge >= 0.3 is 0 Å². The second-order valence-corrected chi connectivity index (χ2v) is 6.81. The Hall–Kier alpha value is -1.96. The predicted molar refractivity (Wildman–Crippen MR) is 98.5 cm³/mol. The fraction of sp³-hybridized carbons (Fsp3) is 0.429. The summed E-state index contributed by atoms with van der Waals surface area (Å²) in [6.45, 7) is 4.04. The Kier molecular flexibility index (Phi) is 4.90. The number of allylic oxidation sites excluding steroid dienone is 6. The lowest BCUT2D eigenvalue weighted by Crippen LogP contribution is -2.07. The number of hydrogen-bond acceptors (Lipinski definition) is 2. The molecule has 0 unspecified atom stereocenters. The molecule has 1 fully saturated rings. The smallest absolute Gasteiger partial charge is 0.143 e. The lowest BCUT2D eigenvalue weighted by atomic mass is 9.87. The van der Waals surface area contributed by atoms with Crippen LogP contribution in [0.1, 0.15) is 57.9 Å². The van der Waals surface area contributed by atoms with Gasteiger partial charge in [-0.1, -0.05) is 36.3 Å². The molecule has 0 heterocycles. The van der Waals surface area contributed by atoms with Crippen LogP contribution in [-0.4, -0.2) is 6.10 Å². The van der Waals surface area contributed by atoms with E-state index in [0.717, 1.165) is 12.2 Å². The van der Waals surface area contributed by atoms with Gasteiger partial charge in [0.2, 0.25) is 0 Å². The number of rotatable bonds is 3. The molecule has 1 aromatic carbocycles. The molecule has 2 nitrogen and oxygen atoms in total. The Morgan fingerprint density at radius 2 is 1.83 bits per heavy atom. The van der Waals surface area contributed by atoms with Crippen molar-refractivity contribution in [1.29, 1.82) is 0 Å². The second kappa shape index (κ2) is 7.08. The summed E-state index contributed by atoms with van der Waals surface area (Å²) in [5.41, 5.74) is 12.4. The minimum atomic E-state index is 0.131. The molecule has 0 amide bonds. The first-order valence-electron chi connectivity index (χ1n) is 8.79. The van der Waals surface area contributed by atoms with Crippen LogP contribution in [0, 0.1) is 0 Å². The highest BCUT2D eigenvalue weighted by Gasteiger charge is 2.13. The maximum atomic E-state index is 6.02. The number of hydrogen-bond donors (Lipinski definition) is 1. The van der Waals surface area contributed by atoms with Crippen molar-refractivity contribution in [2.75, 3.05) is 5.73 Å². The lowest BCUT2D eigenvalue weighted by Gasteiger charge is -2.19. The summed E-state index contributed by atoms with van der Waals surface area (Å²) < 4.78 is 5.81. The Labute approximate surface area is 139 Å². The van der Waals surface area contributed by atoms with E-state index in [9.17, 15) is 0 Å². The maximum absolute atomic E-state index is 6.02. The van der Waals surface area contributed by atoms with Gasteiger partial charge in [0.25, 0.3) is 0 Å². The standard InChI is InChI=1S/C21H27NO/c1-15(2)23-21-14-19(12-13-20(21)22)18-10-8-17(9-11-18)16-6-4-3-5-7-16/h8,10-15H,3-7,9,22H2,1-2H3. The third kappa shape index (κ3) is 3.87. The fourth-order valence-electron chi connectivity index (χ4n) is 3.39. The molecule has 0 radical (unpaired) electrons. The van der Waals surface area contributed by atoms with Crippen molar-refractivity contribution >= 4 is 11.3 Å². The molecular weight excluding hydrogens is 282 g/mol. The predicted octanol–water partition coefficient (Wildman–Crippen LogP) is 5.66. The first-order chi connectivity index (χ1) is 11.1. The summed E-state index contributed by atoms with van der Waals surface area (Å²) in [4.78, 5) is 0. The minimum absolute atomic E-state index is 0.131. The van der Waals surface area contributed by atoms with E-state index in [1.54, 1.807) is 5.57 Å². The van der Waals surface area contributed by atoms with Crippen LogP contribution in [0.2, 0.25) is 0 Å². The number of nitrogen functional groups attached to an aromatic ring is 1. The monoisotopic (exact) mass is 309 g/mol. The molecule has 122 valence electrons. The van der Waals surface area contributed by atoms with Gasteiger partial charge in [-0.15, -0.1) is 0 Å². The van der Waals surface area contributed by atoms with Crippen LogP contribution in [0.5, 0.6) is 5.75 Å². The highest BCUT2D eigenvalue weighted by atomic mass is 16.5. The molecule has 0 aromatic heterocycles. The summed E-state index contributed by atoms with van der Waals surface area (Å²) in [5.74, 6) is 0.781. The average molecular weight is 309 g/mol. The molecule has 0 saturated heterocycles. The van der Waals surface area contributed by atoms with Crippen LogP contribution >= 0.6 is 0 Å².